The van der Waals surface area contributed by atoms with Gasteiger partial charge in [-0.2, -0.15) is 5.26 Å². The van der Waals surface area contributed by atoms with Crippen LogP contribution in [-0.4, -0.2) is 35.3 Å². The van der Waals surface area contributed by atoms with Crippen molar-refractivity contribution in [2.24, 2.45) is 0 Å². The van der Waals surface area contributed by atoms with Gasteiger partial charge in [-0.15, -0.1) is 0 Å². The van der Waals surface area contributed by atoms with E-state index in [0.717, 1.165) is 6.42 Å². The lowest BCUT2D eigenvalue weighted by atomic mass is 10.1. The Labute approximate surface area is 140 Å². The minimum atomic E-state index is -0.500. The van der Waals surface area contributed by atoms with Gasteiger partial charge in [-0.1, -0.05) is 18.7 Å². The van der Waals surface area contributed by atoms with Gasteiger partial charge in [0.1, 0.15) is 11.1 Å². The molecule has 0 fully saturated rings. The molecule has 1 atom stereocenters. The van der Waals surface area contributed by atoms with Crippen LogP contribution in [0.25, 0.3) is 0 Å². The van der Waals surface area contributed by atoms with Gasteiger partial charge >= 0.3 is 5.97 Å². The molecule has 7 heteroatoms. The summed E-state index contributed by atoms with van der Waals surface area (Å²) < 4.78 is 4.94. The van der Waals surface area contributed by atoms with Crippen LogP contribution in [0.3, 0.4) is 0 Å². The quantitative estimate of drug-likeness (QED) is 0.608. The first-order valence-corrected chi connectivity index (χ1v) is 8.42. The third kappa shape index (κ3) is 5.57. The number of ether oxygens (including phenoxy) is 1. The molecule has 124 valence electrons. The number of nitrogens with zero attached hydrogens (tertiary/aromatic N) is 2. The van der Waals surface area contributed by atoms with E-state index in [2.05, 4.69) is 10.3 Å². The molecule has 1 heterocycles. The summed E-state index contributed by atoms with van der Waals surface area (Å²) in [7, 11) is 0. The van der Waals surface area contributed by atoms with E-state index in [1.165, 1.54) is 17.8 Å². The van der Waals surface area contributed by atoms with Crippen molar-refractivity contribution in [1.82, 2.24) is 10.3 Å². The second-order valence-electron chi connectivity index (χ2n) is 4.97. The van der Waals surface area contributed by atoms with Crippen LogP contribution in [-0.2, 0) is 9.53 Å². The maximum absolute atomic E-state index is 11.8. The van der Waals surface area contributed by atoms with Crippen LogP contribution in [0.1, 0.15) is 48.8 Å². The van der Waals surface area contributed by atoms with Crippen molar-refractivity contribution in [3.8, 4) is 6.07 Å². The predicted octanol–water partition coefficient (Wildman–Crippen LogP) is 2.45. The topological polar surface area (TPSA) is 92.1 Å². The first-order chi connectivity index (χ1) is 10.9. The van der Waals surface area contributed by atoms with Crippen molar-refractivity contribution in [3.63, 3.8) is 0 Å². The SMILES string of the molecule is CCOC(=O)c1cc(C#N)c(SCC(=O)N[C@@H](C)CC)nc1C. The second-order valence-corrected chi connectivity index (χ2v) is 5.94. The second kappa shape index (κ2) is 9.16. The summed E-state index contributed by atoms with van der Waals surface area (Å²) in [5, 5.41) is 12.5. The highest BCUT2D eigenvalue weighted by Gasteiger charge is 2.17. The maximum Gasteiger partial charge on any atom is 0.340 e. The molecular weight excluding hydrogens is 314 g/mol. The number of rotatable bonds is 7. The molecule has 1 aromatic heterocycles. The average molecular weight is 335 g/mol. The molecule has 1 aromatic rings. The monoisotopic (exact) mass is 335 g/mol. The van der Waals surface area contributed by atoms with Crippen molar-refractivity contribution in [2.45, 2.75) is 45.2 Å². The zero-order valence-electron chi connectivity index (χ0n) is 13.8. The van der Waals surface area contributed by atoms with Gasteiger partial charge < -0.3 is 10.1 Å². The summed E-state index contributed by atoms with van der Waals surface area (Å²) in [6, 6.07) is 3.59. The van der Waals surface area contributed by atoms with Crippen LogP contribution < -0.4 is 5.32 Å². The molecule has 0 aliphatic carbocycles. The van der Waals surface area contributed by atoms with Crippen LogP contribution in [0.15, 0.2) is 11.1 Å². The van der Waals surface area contributed by atoms with Crippen LogP contribution in [0, 0.1) is 18.3 Å². The Kier molecular flexibility index (Phi) is 7.55. The van der Waals surface area contributed by atoms with E-state index < -0.39 is 5.97 Å². The Bertz CT molecular complexity index is 626. The Morgan fingerprint density at radius 1 is 1.48 bits per heavy atom. The Hall–Kier alpha value is -2.07. The minimum absolute atomic E-state index is 0.109. The number of hydrogen-bond donors (Lipinski definition) is 1. The number of thioether (sulfide) groups is 1. The van der Waals surface area contributed by atoms with E-state index in [-0.39, 0.29) is 35.4 Å². The molecule has 0 aliphatic heterocycles. The van der Waals surface area contributed by atoms with Crippen LogP contribution >= 0.6 is 11.8 Å². The normalized spacial score (nSPS) is 11.4. The Balaban J connectivity index is 2.88. The predicted molar refractivity (Wildman–Crippen MR) is 88.3 cm³/mol. The molecule has 1 N–H and O–H groups in total. The number of nitrogens with one attached hydrogen (secondary N) is 1. The summed E-state index contributed by atoms with van der Waals surface area (Å²) >= 11 is 1.18. The van der Waals surface area contributed by atoms with Gasteiger partial charge in [0.25, 0.3) is 0 Å². The molecule has 0 radical (unpaired) electrons. The largest absolute Gasteiger partial charge is 0.462 e. The third-order valence-corrected chi connectivity index (χ3v) is 4.14. The van der Waals surface area contributed by atoms with Gasteiger partial charge in [0.15, 0.2) is 0 Å². The van der Waals surface area contributed by atoms with Gasteiger partial charge in [0, 0.05) is 6.04 Å². The number of esters is 1. The van der Waals surface area contributed by atoms with Gasteiger partial charge in [-0.3, -0.25) is 4.79 Å². The van der Waals surface area contributed by atoms with E-state index in [0.29, 0.717) is 10.7 Å². The van der Waals surface area contributed by atoms with E-state index in [1.807, 2.05) is 19.9 Å². The summed E-state index contributed by atoms with van der Waals surface area (Å²) in [6.45, 7) is 7.57. The van der Waals surface area contributed by atoms with E-state index in [4.69, 9.17) is 4.74 Å². The molecule has 1 rings (SSSR count). The standard InChI is InChI=1S/C16H21N3O3S/c1-5-10(3)18-14(20)9-23-15-12(8-17)7-13(11(4)19-15)16(21)22-6-2/h7,10H,5-6,9H2,1-4H3,(H,18,20)/t10-/m0/s1. The maximum atomic E-state index is 11.8. The average Bonchev–Trinajstić information content (AvgIpc) is 2.52. The highest BCUT2D eigenvalue weighted by Crippen LogP contribution is 2.23. The van der Waals surface area contributed by atoms with E-state index >= 15 is 0 Å². The molecular formula is C16H21N3O3S. The number of amides is 1. The van der Waals surface area contributed by atoms with Gasteiger partial charge in [-0.25, -0.2) is 9.78 Å². The van der Waals surface area contributed by atoms with E-state index in [9.17, 15) is 14.9 Å². The molecule has 0 saturated carbocycles. The molecule has 0 spiro atoms. The van der Waals surface area contributed by atoms with Crippen molar-refractivity contribution < 1.29 is 14.3 Å². The first-order valence-electron chi connectivity index (χ1n) is 7.43. The zero-order valence-corrected chi connectivity index (χ0v) is 14.6. The number of aromatic nitrogens is 1. The molecule has 23 heavy (non-hydrogen) atoms. The summed E-state index contributed by atoms with van der Waals surface area (Å²) in [5.74, 6) is -0.438. The molecule has 0 aliphatic rings. The van der Waals surface area contributed by atoms with Crippen molar-refractivity contribution >= 4 is 23.6 Å². The number of hydrogen-bond acceptors (Lipinski definition) is 6. The van der Waals surface area contributed by atoms with Gasteiger partial charge in [0.05, 0.1) is 29.2 Å². The lowest BCUT2D eigenvalue weighted by molar-refractivity contribution is -0.119. The first kappa shape index (κ1) is 19.0. The minimum Gasteiger partial charge on any atom is -0.462 e. The van der Waals surface area contributed by atoms with Crippen LogP contribution in [0.4, 0.5) is 0 Å². The van der Waals surface area contributed by atoms with Crippen LogP contribution in [0.5, 0.6) is 0 Å². The van der Waals surface area contributed by atoms with Gasteiger partial charge in [0.2, 0.25) is 5.91 Å². The summed E-state index contributed by atoms with van der Waals surface area (Å²) in [5.41, 5.74) is 1.02. The molecule has 6 nitrogen and oxygen atoms in total. The zero-order chi connectivity index (χ0) is 17.4. The van der Waals surface area contributed by atoms with Crippen molar-refractivity contribution in [3.05, 3.63) is 22.9 Å². The number of pyridine rings is 1. The highest BCUT2D eigenvalue weighted by atomic mass is 32.2. The number of nitriles is 1. The highest BCUT2D eigenvalue weighted by molar-refractivity contribution is 8.00. The van der Waals surface area contributed by atoms with Gasteiger partial charge in [-0.05, 0) is 33.3 Å². The number of carbonyl (C=O) groups is 2. The van der Waals surface area contributed by atoms with Crippen LogP contribution in [0.2, 0.25) is 0 Å². The third-order valence-electron chi connectivity index (χ3n) is 3.15. The van der Waals surface area contributed by atoms with Crippen molar-refractivity contribution in [2.75, 3.05) is 12.4 Å². The fraction of sp³-hybridized carbons (Fsp3) is 0.500. The van der Waals surface area contributed by atoms with E-state index in [1.54, 1.807) is 13.8 Å². The molecule has 1 amide bonds. The molecule has 0 bridgehead atoms. The fourth-order valence-electron chi connectivity index (χ4n) is 1.74. The lowest BCUT2D eigenvalue weighted by Gasteiger charge is -2.12. The number of aryl methyl sites for hydroxylation is 1. The Morgan fingerprint density at radius 2 is 2.17 bits per heavy atom. The molecule has 0 saturated heterocycles. The Morgan fingerprint density at radius 3 is 2.74 bits per heavy atom. The molecule has 0 aromatic carbocycles. The van der Waals surface area contributed by atoms with Crippen molar-refractivity contribution in [1.29, 1.82) is 5.26 Å². The fourth-order valence-corrected chi connectivity index (χ4v) is 2.55. The lowest BCUT2D eigenvalue weighted by Crippen LogP contribution is -2.33. The number of carbonyl (C=O) groups excluding carboxylic acids is 2. The smallest absolute Gasteiger partial charge is 0.340 e. The summed E-state index contributed by atoms with van der Waals surface area (Å²) in [4.78, 5) is 27.9. The summed E-state index contributed by atoms with van der Waals surface area (Å²) in [6.07, 6.45) is 0.853. The molecule has 0 unspecified atom stereocenters.